The Morgan fingerprint density at radius 2 is 2.56 bits per heavy atom. The minimum atomic E-state index is -0.476. The monoisotopic (exact) mass is 126 g/mol. The third kappa shape index (κ3) is 1.13. The number of aliphatic imine (C=N–C) groups is 1. The molecule has 0 amide bonds. The molecule has 48 valence electrons. The van der Waals surface area contributed by atoms with Crippen molar-refractivity contribution < 1.29 is 4.92 Å². The lowest BCUT2D eigenvalue weighted by atomic mass is 10.3. The van der Waals surface area contributed by atoms with Crippen LogP contribution in [0.5, 0.6) is 0 Å². The van der Waals surface area contributed by atoms with Crippen molar-refractivity contribution in [3.05, 3.63) is 21.8 Å². The first-order chi connectivity index (χ1) is 4.20. The smallest absolute Gasteiger partial charge is 0.358 e. The number of amidine groups is 1. The normalized spacial score (nSPS) is 17.0. The second-order valence-corrected chi connectivity index (χ2v) is 1.92. The Labute approximate surface area is 52.1 Å². The van der Waals surface area contributed by atoms with Crippen LogP contribution in [0.2, 0.25) is 0 Å². The molecule has 0 aliphatic carbocycles. The van der Waals surface area contributed by atoms with Gasteiger partial charge in [0.1, 0.15) is 0 Å². The van der Waals surface area contributed by atoms with E-state index in [4.69, 9.17) is 0 Å². The topological polar surface area (TPSA) is 55.5 Å². The van der Waals surface area contributed by atoms with Crippen molar-refractivity contribution in [1.29, 1.82) is 0 Å². The second-order valence-electron chi connectivity index (χ2n) is 1.92. The van der Waals surface area contributed by atoms with Gasteiger partial charge in [0.05, 0.1) is 0 Å². The molecule has 0 saturated carbocycles. The molecule has 0 bridgehead atoms. The first kappa shape index (κ1) is 5.94. The Hall–Kier alpha value is -1.19. The maximum Gasteiger partial charge on any atom is 0.358 e. The number of nitro groups is 1. The maximum absolute atomic E-state index is 9.98. The van der Waals surface area contributed by atoms with Crippen LogP contribution in [0.25, 0.3) is 0 Å². The van der Waals surface area contributed by atoms with Crippen molar-refractivity contribution in [2.45, 2.75) is 6.92 Å². The Morgan fingerprint density at radius 3 is 2.78 bits per heavy atom. The number of hydrogen-bond acceptors (Lipinski definition) is 3. The van der Waals surface area contributed by atoms with Crippen LogP contribution in [0.4, 0.5) is 0 Å². The SMILES string of the molecule is CC1=CC([N+](=O)[O-])=NC1. The molecule has 0 aromatic rings. The summed E-state index contributed by atoms with van der Waals surface area (Å²) in [5.74, 6) is -0.0208. The van der Waals surface area contributed by atoms with Gasteiger partial charge < -0.3 is 10.1 Å². The Kier molecular flexibility index (Phi) is 1.30. The highest BCUT2D eigenvalue weighted by atomic mass is 16.6. The van der Waals surface area contributed by atoms with E-state index in [1.807, 2.05) is 6.92 Å². The van der Waals surface area contributed by atoms with Crippen molar-refractivity contribution in [1.82, 2.24) is 0 Å². The van der Waals surface area contributed by atoms with Gasteiger partial charge in [0.25, 0.3) is 0 Å². The van der Waals surface area contributed by atoms with Crippen LogP contribution >= 0.6 is 0 Å². The summed E-state index contributed by atoms with van der Waals surface area (Å²) in [5, 5.41) is 9.98. The van der Waals surface area contributed by atoms with Gasteiger partial charge in [-0.15, -0.1) is 0 Å². The summed E-state index contributed by atoms with van der Waals surface area (Å²) in [6.07, 6.45) is 1.49. The molecule has 4 heteroatoms. The van der Waals surface area contributed by atoms with E-state index in [-0.39, 0.29) is 5.84 Å². The van der Waals surface area contributed by atoms with Gasteiger partial charge in [0.15, 0.2) is 6.54 Å². The minimum Gasteiger partial charge on any atom is -0.358 e. The van der Waals surface area contributed by atoms with Gasteiger partial charge in [-0.05, 0) is 17.4 Å². The molecule has 0 saturated heterocycles. The summed E-state index contributed by atoms with van der Waals surface area (Å²) in [6.45, 7) is 2.30. The summed E-state index contributed by atoms with van der Waals surface area (Å²) in [7, 11) is 0. The molecule has 1 aliphatic rings. The van der Waals surface area contributed by atoms with E-state index in [9.17, 15) is 10.1 Å². The summed E-state index contributed by atoms with van der Waals surface area (Å²) >= 11 is 0. The fourth-order valence-electron chi connectivity index (χ4n) is 0.628. The van der Waals surface area contributed by atoms with Crippen LogP contribution in [0.1, 0.15) is 6.92 Å². The molecular formula is C5H6N2O2. The highest BCUT2D eigenvalue weighted by molar-refractivity contribution is 5.88. The fraction of sp³-hybridized carbons (Fsp3) is 0.400. The zero-order valence-electron chi connectivity index (χ0n) is 5.00. The van der Waals surface area contributed by atoms with Crippen LogP contribution in [0, 0.1) is 10.1 Å². The number of hydrogen-bond donors (Lipinski definition) is 0. The Bertz CT molecular complexity index is 205. The van der Waals surface area contributed by atoms with Crippen LogP contribution in [-0.4, -0.2) is 17.3 Å². The van der Waals surface area contributed by atoms with Crippen molar-refractivity contribution in [3.63, 3.8) is 0 Å². The van der Waals surface area contributed by atoms with Gasteiger partial charge >= 0.3 is 5.84 Å². The molecule has 0 aromatic carbocycles. The maximum atomic E-state index is 9.98. The highest BCUT2D eigenvalue weighted by Crippen LogP contribution is 2.03. The molecule has 0 spiro atoms. The predicted molar refractivity (Wildman–Crippen MR) is 33.1 cm³/mol. The molecule has 0 aromatic heterocycles. The molecule has 0 unspecified atom stereocenters. The van der Waals surface area contributed by atoms with Crippen LogP contribution in [-0.2, 0) is 0 Å². The van der Waals surface area contributed by atoms with Gasteiger partial charge in [0.2, 0.25) is 0 Å². The van der Waals surface area contributed by atoms with Gasteiger partial charge in [-0.1, -0.05) is 4.99 Å². The van der Waals surface area contributed by atoms with Crippen molar-refractivity contribution in [2.24, 2.45) is 4.99 Å². The standard InChI is InChI=1S/C5H6N2O2/c1-4-2-5(6-3-4)7(8)9/h2H,3H2,1H3. The molecule has 0 atom stereocenters. The average molecular weight is 126 g/mol. The van der Waals surface area contributed by atoms with Gasteiger partial charge in [-0.2, -0.15) is 0 Å². The number of rotatable bonds is 0. The molecule has 0 radical (unpaired) electrons. The summed E-state index contributed by atoms with van der Waals surface area (Å²) < 4.78 is 0. The van der Waals surface area contributed by atoms with Crippen LogP contribution in [0.3, 0.4) is 0 Å². The largest absolute Gasteiger partial charge is 0.358 e. The molecule has 0 N–H and O–H groups in total. The predicted octanol–water partition coefficient (Wildman–Crippen LogP) is 0.622. The zero-order chi connectivity index (χ0) is 6.85. The van der Waals surface area contributed by atoms with E-state index in [2.05, 4.69) is 4.99 Å². The third-order valence-corrected chi connectivity index (χ3v) is 1.05. The van der Waals surface area contributed by atoms with Crippen LogP contribution in [0.15, 0.2) is 16.6 Å². The Morgan fingerprint density at radius 1 is 1.89 bits per heavy atom. The van der Waals surface area contributed by atoms with E-state index in [0.717, 1.165) is 5.57 Å². The van der Waals surface area contributed by atoms with Crippen molar-refractivity contribution >= 4 is 5.84 Å². The van der Waals surface area contributed by atoms with E-state index < -0.39 is 4.92 Å². The zero-order valence-corrected chi connectivity index (χ0v) is 5.00. The molecule has 1 rings (SSSR count). The lowest BCUT2D eigenvalue weighted by Gasteiger charge is -1.84. The number of nitrogens with zero attached hydrogens (tertiary/aromatic N) is 2. The summed E-state index contributed by atoms with van der Waals surface area (Å²) in [4.78, 5) is 13.1. The molecule has 0 fully saturated rings. The lowest BCUT2D eigenvalue weighted by Crippen LogP contribution is -2.05. The van der Waals surface area contributed by atoms with E-state index >= 15 is 0 Å². The van der Waals surface area contributed by atoms with Gasteiger partial charge in [0, 0.05) is 6.08 Å². The summed E-state index contributed by atoms with van der Waals surface area (Å²) in [5.41, 5.74) is 0.946. The summed E-state index contributed by atoms with van der Waals surface area (Å²) in [6, 6.07) is 0. The van der Waals surface area contributed by atoms with Crippen LogP contribution < -0.4 is 0 Å². The average Bonchev–Trinajstić information content (AvgIpc) is 2.14. The second kappa shape index (κ2) is 1.97. The molecule has 1 heterocycles. The molecular weight excluding hydrogens is 120 g/mol. The van der Waals surface area contributed by atoms with Crippen molar-refractivity contribution in [3.8, 4) is 0 Å². The third-order valence-electron chi connectivity index (χ3n) is 1.05. The molecule has 9 heavy (non-hydrogen) atoms. The van der Waals surface area contributed by atoms with Crippen molar-refractivity contribution in [2.75, 3.05) is 6.54 Å². The van der Waals surface area contributed by atoms with E-state index in [1.165, 1.54) is 6.08 Å². The first-order valence-electron chi connectivity index (χ1n) is 2.56. The Balaban J connectivity index is 2.75. The lowest BCUT2D eigenvalue weighted by molar-refractivity contribution is -0.348. The van der Waals surface area contributed by atoms with Gasteiger partial charge in [-0.25, -0.2) is 0 Å². The molecule has 4 nitrogen and oxygen atoms in total. The highest BCUT2D eigenvalue weighted by Gasteiger charge is 2.14. The van der Waals surface area contributed by atoms with E-state index in [0.29, 0.717) is 6.54 Å². The fourth-order valence-corrected chi connectivity index (χ4v) is 0.628. The minimum absolute atomic E-state index is 0.0208. The first-order valence-corrected chi connectivity index (χ1v) is 2.56. The van der Waals surface area contributed by atoms with E-state index in [1.54, 1.807) is 0 Å². The van der Waals surface area contributed by atoms with Gasteiger partial charge in [-0.3, -0.25) is 0 Å². The molecule has 1 aliphatic heterocycles. The quantitative estimate of drug-likeness (QED) is 0.353.